The number of hydrogen-bond donors (Lipinski definition) is 0. The van der Waals surface area contributed by atoms with Gasteiger partial charge in [0.15, 0.2) is 23.0 Å². The van der Waals surface area contributed by atoms with Gasteiger partial charge in [0.05, 0.1) is 54.9 Å². The first-order valence-electron chi connectivity index (χ1n) is 14.3. The van der Waals surface area contributed by atoms with Crippen LogP contribution in [0.4, 0.5) is 0 Å². The molecule has 0 spiro atoms. The van der Waals surface area contributed by atoms with Gasteiger partial charge in [-0.3, -0.25) is 9.59 Å². The highest BCUT2D eigenvalue weighted by Gasteiger charge is 2.43. The lowest BCUT2D eigenvalue weighted by Crippen LogP contribution is -2.37. The van der Waals surface area contributed by atoms with Crippen LogP contribution in [-0.4, -0.2) is 66.8 Å². The van der Waals surface area contributed by atoms with E-state index in [9.17, 15) is 9.59 Å². The molecule has 10 nitrogen and oxygen atoms in total. The van der Waals surface area contributed by atoms with Gasteiger partial charge in [-0.05, 0) is 48.6 Å². The van der Waals surface area contributed by atoms with E-state index in [1.165, 1.54) is 13.8 Å². The largest absolute Gasteiger partial charge is 0.493 e. The van der Waals surface area contributed by atoms with Crippen LogP contribution in [0.1, 0.15) is 63.1 Å². The summed E-state index contributed by atoms with van der Waals surface area (Å²) < 4.78 is 46.7. The topological polar surface area (TPSA) is 108 Å². The van der Waals surface area contributed by atoms with Gasteiger partial charge in [0.2, 0.25) is 11.5 Å². The van der Waals surface area contributed by atoms with Gasteiger partial charge < -0.3 is 37.9 Å². The van der Waals surface area contributed by atoms with E-state index in [0.717, 1.165) is 29.5 Å². The second-order valence-electron chi connectivity index (χ2n) is 10.2. The average molecular weight is 589 g/mol. The van der Waals surface area contributed by atoms with E-state index in [4.69, 9.17) is 37.9 Å². The minimum Gasteiger partial charge on any atom is -0.493 e. The molecule has 232 valence electrons. The quantitative estimate of drug-likeness (QED) is 0.253. The second kappa shape index (κ2) is 15.4. The van der Waals surface area contributed by atoms with Gasteiger partial charge in [0, 0.05) is 37.2 Å². The molecule has 1 aliphatic carbocycles. The van der Waals surface area contributed by atoms with Crippen LogP contribution in [0.2, 0.25) is 0 Å². The van der Waals surface area contributed by atoms with Crippen LogP contribution in [-0.2, 0) is 25.5 Å². The van der Waals surface area contributed by atoms with Crippen molar-refractivity contribution in [3.63, 3.8) is 0 Å². The molecule has 0 fully saturated rings. The molecular formula is C32H44O10. The number of rotatable bonds is 15. The van der Waals surface area contributed by atoms with Crippen LogP contribution in [0.5, 0.6) is 34.5 Å². The molecule has 1 aliphatic rings. The van der Waals surface area contributed by atoms with Gasteiger partial charge in [-0.15, -0.1) is 0 Å². The molecule has 0 unspecified atom stereocenters. The second-order valence-corrected chi connectivity index (χ2v) is 10.2. The third-order valence-electron chi connectivity index (χ3n) is 7.30. The monoisotopic (exact) mass is 588 g/mol. The third-order valence-corrected chi connectivity index (χ3v) is 7.30. The van der Waals surface area contributed by atoms with Crippen molar-refractivity contribution in [1.82, 2.24) is 0 Å². The maximum absolute atomic E-state index is 12.0. The predicted octanol–water partition coefficient (Wildman–Crippen LogP) is 5.35. The first kappa shape index (κ1) is 32.7. The lowest BCUT2D eigenvalue weighted by molar-refractivity contribution is -0.147. The van der Waals surface area contributed by atoms with E-state index in [-0.39, 0.29) is 31.0 Å². The fourth-order valence-electron chi connectivity index (χ4n) is 5.50. The van der Waals surface area contributed by atoms with Crippen LogP contribution in [0.3, 0.4) is 0 Å². The minimum absolute atomic E-state index is 0.0877. The third kappa shape index (κ3) is 7.33. The van der Waals surface area contributed by atoms with Gasteiger partial charge in [-0.25, -0.2) is 0 Å². The van der Waals surface area contributed by atoms with Gasteiger partial charge in [0.1, 0.15) is 0 Å². The van der Waals surface area contributed by atoms with Crippen molar-refractivity contribution in [1.29, 1.82) is 0 Å². The highest BCUT2D eigenvalue weighted by Crippen LogP contribution is 2.55. The van der Waals surface area contributed by atoms with E-state index in [1.54, 1.807) is 28.4 Å². The summed E-state index contributed by atoms with van der Waals surface area (Å²) in [6.07, 6.45) is 2.13. The molecule has 10 heteroatoms. The zero-order valence-corrected chi connectivity index (χ0v) is 26.0. The molecule has 0 amide bonds. The zero-order chi connectivity index (χ0) is 30.8. The molecule has 2 aromatic carbocycles. The van der Waals surface area contributed by atoms with E-state index in [2.05, 4.69) is 0 Å². The van der Waals surface area contributed by atoms with E-state index in [0.29, 0.717) is 54.1 Å². The number of carbonyl (C=O) groups is 2. The Labute approximate surface area is 248 Å². The molecule has 0 radical (unpaired) electrons. The summed E-state index contributed by atoms with van der Waals surface area (Å²) in [6.45, 7) is 7.98. The Morgan fingerprint density at radius 2 is 1.24 bits per heavy atom. The normalized spacial score (nSPS) is 17.5. The van der Waals surface area contributed by atoms with Gasteiger partial charge in [-0.1, -0.05) is 13.8 Å². The number of fused-ring (bicyclic) bond motifs is 1. The van der Waals surface area contributed by atoms with Crippen LogP contribution in [0.15, 0.2) is 18.2 Å². The Hall–Kier alpha value is -3.82. The number of benzene rings is 2. The number of methoxy groups -OCH3 is 4. The van der Waals surface area contributed by atoms with Crippen molar-refractivity contribution in [2.75, 3.05) is 54.9 Å². The molecule has 0 bridgehead atoms. The van der Waals surface area contributed by atoms with Crippen molar-refractivity contribution in [3.8, 4) is 34.5 Å². The summed E-state index contributed by atoms with van der Waals surface area (Å²) in [6, 6.07) is 5.77. The van der Waals surface area contributed by atoms with Crippen LogP contribution in [0.25, 0.3) is 0 Å². The number of ether oxygens (including phenoxy) is 8. The van der Waals surface area contributed by atoms with Crippen LogP contribution in [0, 0.1) is 11.8 Å². The molecule has 0 saturated heterocycles. The molecule has 0 heterocycles. The lowest BCUT2D eigenvalue weighted by Gasteiger charge is -2.40. The number of carbonyl (C=O) groups excluding carboxylic acids is 2. The maximum atomic E-state index is 12.0. The molecule has 0 aliphatic heterocycles. The fourth-order valence-corrected chi connectivity index (χ4v) is 5.50. The summed E-state index contributed by atoms with van der Waals surface area (Å²) in [5.41, 5.74) is 2.63. The molecule has 0 saturated carbocycles. The Balaban J connectivity index is 2.37. The smallest absolute Gasteiger partial charge is 0.302 e. The van der Waals surface area contributed by atoms with Crippen LogP contribution < -0.4 is 28.4 Å². The average Bonchev–Trinajstić information content (AvgIpc) is 2.98. The van der Waals surface area contributed by atoms with Gasteiger partial charge >= 0.3 is 11.9 Å². The van der Waals surface area contributed by atoms with Gasteiger partial charge in [-0.2, -0.15) is 0 Å². The molecule has 0 N–H and O–H groups in total. The molecular weight excluding hydrogens is 544 g/mol. The Bertz CT molecular complexity index is 1200. The highest BCUT2D eigenvalue weighted by atomic mass is 16.6. The summed E-state index contributed by atoms with van der Waals surface area (Å²) in [5.74, 6) is 1.38. The lowest BCUT2D eigenvalue weighted by atomic mass is 9.66. The SMILES string of the molecule is CCCOc1c(OC)cc([C@@H]2c3c(cc(OC)c(OCCC)c3OC)C[C@H](COC(C)=O)[C@H]2COC(C)=O)cc1OC. The highest BCUT2D eigenvalue weighted by molar-refractivity contribution is 5.67. The maximum Gasteiger partial charge on any atom is 0.302 e. The Morgan fingerprint density at radius 1 is 0.714 bits per heavy atom. The van der Waals surface area contributed by atoms with E-state index < -0.39 is 11.9 Å². The van der Waals surface area contributed by atoms with Crippen molar-refractivity contribution >= 4 is 11.9 Å². The van der Waals surface area contributed by atoms with Crippen molar-refractivity contribution in [3.05, 3.63) is 34.9 Å². The number of esters is 2. The molecule has 3 rings (SSSR count). The van der Waals surface area contributed by atoms with Crippen molar-refractivity contribution < 1.29 is 47.5 Å². The van der Waals surface area contributed by atoms with Crippen LogP contribution >= 0.6 is 0 Å². The van der Waals surface area contributed by atoms with Gasteiger partial charge in [0.25, 0.3) is 0 Å². The summed E-state index contributed by atoms with van der Waals surface area (Å²) in [4.78, 5) is 23.9. The summed E-state index contributed by atoms with van der Waals surface area (Å²) >= 11 is 0. The molecule has 0 aromatic heterocycles. The summed E-state index contributed by atoms with van der Waals surface area (Å²) in [7, 11) is 6.34. The van der Waals surface area contributed by atoms with E-state index >= 15 is 0 Å². The first-order chi connectivity index (χ1) is 20.2. The molecule has 2 aromatic rings. The minimum atomic E-state index is -0.405. The summed E-state index contributed by atoms with van der Waals surface area (Å²) in [5, 5.41) is 0. The number of hydrogen-bond acceptors (Lipinski definition) is 10. The van der Waals surface area contributed by atoms with E-state index in [1.807, 2.05) is 32.0 Å². The zero-order valence-electron chi connectivity index (χ0n) is 26.0. The Kier molecular flexibility index (Phi) is 12.0. The molecule has 42 heavy (non-hydrogen) atoms. The fraction of sp³-hybridized carbons (Fsp3) is 0.562. The van der Waals surface area contributed by atoms with Crippen molar-refractivity contribution in [2.24, 2.45) is 11.8 Å². The van der Waals surface area contributed by atoms with Crippen molar-refractivity contribution in [2.45, 2.75) is 52.9 Å². The standard InChI is InChI=1S/C32H44O10/c1-9-11-39-30-25(35-5)15-22(16-26(30)36-6)28-24(18-42-20(4)34)23(17-41-19(3)33)13-21-14-27(37-7)31(40-12-10-2)32(38-8)29(21)28/h14-16,23-24,28H,9-13,17-18H2,1-8H3/t23-,24-,28+/m1/s1. The Morgan fingerprint density at radius 3 is 1.74 bits per heavy atom. The first-order valence-corrected chi connectivity index (χ1v) is 14.3. The molecule has 3 atom stereocenters. The predicted molar refractivity (Wildman–Crippen MR) is 156 cm³/mol.